The zero-order valence-corrected chi connectivity index (χ0v) is 21.6. The maximum atomic E-state index is 14.1. The second-order valence-electron chi connectivity index (χ2n) is 9.49. The van der Waals surface area contributed by atoms with Crippen LogP contribution in [0.4, 0.5) is 5.69 Å². The van der Waals surface area contributed by atoms with Crippen molar-refractivity contribution in [1.29, 1.82) is 5.26 Å². The molecule has 0 bridgehead atoms. The zero-order valence-electron chi connectivity index (χ0n) is 21.6. The summed E-state index contributed by atoms with van der Waals surface area (Å²) < 4.78 is 5.08. The maximum absolute atomic E-state index is 14.1. The third kappa shape index (κ3) is 7.27. The van der Waals surface area contributed by atoms with Gasteiger partial charge < -0.3 is 15.0 Å². The quantitative estimate of drug-likeness (QED) is 0.299. The van der Waals surface area contributed by atoms with Gasteiger partial charge in [0.05, 0.1) is 6.61 Å². The van der Waals surface area contributed by atoms with Crippen molar-refractivity contribution in [2.75, 3.05) is 32.2 Å². The second kappa shape index (κ2) is 12.9. The van der Waals surface area contributed by atoms with Crippen molar-refractivity contribution < 1.29 is 14.3 Å². The van der Waals surface area contributed by atoms with E-state index in [1.54, 1.807) is 38.7 Å². The molecule has 2 atom stereocenters. The molecule has 0 spiro atoms. The van der Waals surface area contributed by atoms with E-state index in [0.717, 1.165) is 5.56 Å². The number of nitrogens with zero attached hydrogens (tertiary/aromatic N) is 4. The van der Waals surface area contributed by atoms with Crippen LogP contribution < -0.4 is 10.2 Å². The number of likely N-dealkylation sites (N-methyl/N-ethyl adjacent to an activating group) is 1. The Morgan fingerprint density at radius 3 is 2.40 bits per heavy atom. The number of aromatic nitrogens is 1. The van der Waals surface area contributed by atoms with Gasteiger partial charge in [0.25, 0.3) is 5.91 Å². The summed E-state index contributed by atoms with van der Waals surface area (Å²) in [6.45, 7) is 8.95. The van der Waals surface area contributed by atoms with Crippen LogP contribution in [0.3, 0.4) is 0 Å². The Balaban J connectivity index is 2.66. The molecule has 2 unspecified atom stereocenters. The second-order valence-corrected chi connectivity index (χ2v) is 9.49. The molecule has 8 heteroatoms. The van der Waals surface area contributed by atoms with Gasteiger partial charge in [-0.05, 0) is 35.6 Å². The van der Waals surface area contributed by atoms with Crippen LogP contribution in [0.5, 0.6) is 0 Å². The number of carbonyl (C=O) groups is 2. The van der Waals surface area contributed by atoms with Gasteiger partial charge >= 0.3 is 0 Å². The zero-order chi connectivity index (χ0) is 26.0. The predicted molar refractivity (Wildman–Crippen MR) is 137 cm³/mol. The van der Waals surface area contributed by atoms with Crippen LogP contribution in [0.25, 0.3) is 0 Å². The van der Waals surface area contributed by atoms with Crippen LogP contribution in [0.1, 0.15) is 57.7 Å². The molecule has 1 heterocycles. The van der Waals surface area contributed by atoms with Crippen molar-refractivity contribution in [2.45, 2.75) is 58.0 Å². The van der Waals surface area contributed by atoms with Crippen molar-refractivity contribution in [1.82, 2.24) is 15.2 Å². The third-order valence-corrected chi connectivity index (χ3v) is 5.83. The van der Waals surface area contributed by atoms with Gasteiger partial charge in [-0.25, -0.2) is 0 Å². The average molecular weight is 480 g/mol. The van der Waals surface area contributed by atoms with Crippen LogP contribution in [0, 0.1) is 11.5 Å². The lowest BCUT2D eigenvalue weighted by Gasteiger charge is -2.35. The van der Waals surface area contributed by atoms with Gasteiger partial charge in [0, 0.05) is 44.3 Å². The number of benzene rings is 1. The molecule has 2 rings (SSSR count). The Hall–Kier alpha value is -3.44. The van der Waals surface area contributed by atoms with E-state index in [2.05, 4.69) is 37.3 Å². The maximum Gasteiger partial charge on any atom is 0.251 e. The molecule has 0 aliphatic rings. The Kier molecular flexibility index (Phi) is 10.2. The number of ether oxygens (including phenoxy) is 1. The standard InChI is InChI=1S/C27H37N5O3/c1-7-9-23(31(5)19-28)26(34)32(22-13-11-21(12-14-22)27(2,3)4)24(20-10-8-15-29-18-20)25(33)30-16-17-35-6/h8,10-15,18,23-24H,7,9,16-17H2,1-6H3,(H,30,33). The Morgan fingerprint density at radius 1 is 1.20 bits per heavy atom. The van der Waals surface area contributed by atoms with Crippen molar-refractivity contribution in [2.24, 2.45) is 0 Å². The molecule has 2 aromatic rings. The third-order valence-electron chi connectivity index (χ3n) is 5.83. The van der Waals surface area contributed by atoms with Gasteiger partial charge in [-0.3, -0.25) is 19.5 Å². The number of hydrogen-bond acceptors (Lipinski definition) is 6. The summed E-state index contributed by atoms with van der Waals surface area (Å²) in [5.74, 6) is -0.673. The van der Waals surface area contributed by atoms with E-state index in [9.17, 15) is 14.9 Å². The fourth-order valence-electron chi connectivity index (χ4n) is 3.84. The summed E-state index contributed by atoms with van der Waals surface area (Å²) >= 11 is 0. The Morgan fingerprint density at radius 2 is 1.89 bits per heavy atom. The molecule has 0 aliphatic heterocycles. The largest absolute Gasteiger partial charge is 0.383 e. The van der Waals surface area contributed by atoms with Crippen LogP contribution in [-0.4, -0.2) is 55.0 Å². The number of methoxy groups -OCH3 is 1. The normalized spacial score (nSPS) is 12.8. The number of carbonyl (C=O) groups excluding carboxylic acids is 2. The molecule has 35 heavy (non-hydrogen) atoms. The van der Waals surface area contributed by atoms with Crippen molar-refractivity contribution >= 4 is 17.5 Å². The minimum Gasteiger partial charge on any atom is -0.383 e. The number of nitrogens with one attached hydrogen (secondary N) is 1. The average Bonchev–Trinajstić information content (AvgIpc) is 2.85. The van der Waals surface area contributed by atoms with Gasteiger partial charge in [-0.2, -0.15) is 5.26 Å². The first-order valence-corrected chi connectivity index (χ1v) is 11.9. The SMILES string of the molecule is CCCC(C(=O)N(c1ccc(C(C)(C)C)cc1)C(C(=O)NCCOC)c1cccnc1)N(C)C#N. The number of pyridine rings is 1. The van der Waals surface area contributed by atoms with Crippen LogP contribution in [0.2, 0.25) is 0 Å². The first kappa shape index (κ1) is 27.8. The Labute approximate surface area is 208 Å². The van der Waals surface area contributed by atoms with Gasteiger partial charge in [0.1, 0.15) is 12.1 Å². The molecule has 0 aliphatic carbocycles. The number of rotatable bonds is 11. The van der Waals surface area contributed by atoms with E-state index in [1.165, 1.54) is 9.80 Å². The molecule has 1 aromatic heterocycles. The van der Waals surface area contributed by atoms with Crippen LogP contribution in [0.15, 0.2) is 48.8 Å². The molecular weight excluding hydrogens is 442 g/mol. The Bertz CT molecular complexity index is 996. The highest BCUT2D eigenvalue weighted by Gasteiger charge is 2.37. The summed E-state index contributed by atoms with van der Waals surface area (Å²) in [7, 11) is 3.15. The smallest absolute Gasteiger partial charge is 0.251 e. The molecule has 1 aromatic carbocycles. The summed E-state index contributed by atoms with van der Waals surface area (Å²) in [5.41, 5.74) is 2.19. The van der Waals surface area contributed by atoms with Crippen LogP contribution >= 0.6 is 0 Å². The van der Waals surface area contributed by atoms with Gasteiger partial charge in [0.2, 0.25) is 5.91 Å². The van der Waals surface area contributed by atoms with Gasteiger partial charge in [-0.1, -0.05) is 52.3 Å². The molecule has 1 N–H and O–H groups in total. The monoisotopic (exact) mass is 479 g/mol. The van der Waals surface area contributed by atoms with Crippen molar-refractivity contribution in [3.8, 4) is 6.19 Å². The van der Waals surface area contributed by atoms with E-state index in [1.807, 2.05) is 31.2 Å². The lowest BCUT2D eigenvalue weighted by atomic mass is 9.87. The summed E-state index contributed by atoms with van der Waals surface area (Å²) in [4.78, 5) is 34.6. The fourth-order valence-corrected chi connectivity index (χ4v) is 3.84. The molecule has 0 radical (unpaired) electrons. The summed E-state index contributed by atoms with van der Waals surface area (Å²) in [6.07, 6.45) is 6.47. The first-order chi connectivity index (χ1) is 16.6. The highest BCUT2D eigenvalue weighted by atomic mass is 16.5. The molecule has 2 amide bonds. The van der Waals surface area contributed by atoms with Crippen LogP contribution in [-0.2, 0) is 19.7 Å². The number of anilines is 1. The number of amides is 2. The highest BCUT2D eigenvalue weighted by molar-refractivity contribution is 6.03. The van der Waals surface area contributed by atoms with E-state index >= 15 is 0 Å². The minimum absolute atomic E-state index is 0.0700. The minimum atomic E-state index is -0.972. The molecule has 0 saturated heterocycles. The summed E-state index contributed by atoms with van der Waals surface area (Å²) in [6, 6.07) is 9.50. The van der Waals surface area contributed by atoms with Gasteiger partial charge in [0.15, 0.2) is 6.19 Å². The topological polar surface area (TPSA) is 98.6 Å². The summed E-state index contributed by atoms with van der Waals surface area (Å²) in [5, 5.41) is 12.4. The van der Waals surface area contributed by atoms with E-state index in [4.69, 9.17) is 4.74 Å². The molecule has 188 valence electrons. The van der Waals surface area contributed by atoms with Crippen molar-refractivity contribution in [3.63, 3.8) is 0 Å². The van der Waals surface area contributed by atoms with Crippen molar-refractivity contribution in [3.05, 3.63) is 59.9 Å². The van der Waals surface area contributed by atoms with E-state index < -0.39 is 12.1 Å². The molecule has 0 saturated carbocycles. The lowest BCUT2D eigenvalue weighted by Crippen LogP contribution is -2.51. The van der Waals surface area contributed by atoms with Gasteiger partial charge in [-0.15, -0.1) is 0 Å². The number of hydrogen-bond donors (Lipinski definition) is 1. The lowest BCUT2D eigenvalue weighted by molar-refractivity contribution is -0.128. The molecular formula is C27H37N5O3. The fraction of sp³-hybridized carbons (Fsp3) is 0.481. The highest BCUT2D eigenvalue weighted by Crippen LogP contribution is 2.32. The first-order valence-electron chi connectivity index (χ1n) is 11.9. The molecule has 8 nitrogen and oxygen atoms in total. The molecule has 0 fully saturated rings. The van der Waals surface area contributed by atoms with E-state index in [-0.39, 0.29) is 17.2 Å². The van der Waals surface area contributed by atoms with E-state index in [0.29, 0.717) is 37.2 Å². The number of nitriles is 1. The predicted octanol–water partition coefficient (Wildman–Crippen LogP) is 3.80.